The van der Waals surface area contributed by atoms with Gasteiger partial charge in [-0.25, -0.2) is 0 Å². The van der Waals surface area contributed by atoms with Crippen molar-refractivity contribution in [1.29, 1.82) is 0 Å². The van der Waals surface area contributed by atoms with Gasteiger partial charge in [0, 0.05) is 38.4 Å². The van der Waals surface area contributed by atoms with Gasteiger partial charge in [-0.3, -0.25) is 9.48 Å². The van der Waals surface area contributed by atoms with Crippen LogP contribution in [0.1, 0.15) is 6.42 Å². The molecule has 0 bridgehead atoms. The Balaban J connectivity index is 0.00000144. The molecule has 1 aliphatic heterocycles. The summed E-state index contributed by atoms with van der Waals surface area (Å²) in [5.41, 5.74) is 0. The minimum absolute atomic E-state index is 0. The van der Waals surface area contributed by atoms with Crippen LogP contribution >= 0.6 is 24.0 Å². The number of halogens is 2. The Bertz CT molecular complexity index is 382. The molecule has 1 aromatic rings. The van der Waals surface area contributed by atoms with E-state index in [0.29, 0.717) is 0 Å². The molecule has 0 aromatic carbocycles. The fraction of sp³-hybridized carbons (Fsp3) is 0.600. The molecule has 1 saturated heterocycles. The van der Waals surface area contributed by atoms with Crippen molar-refractivity contribution in [2.24, 2.45) is 7.05 Å². The lowest BCUT2D eigenvalue weighted by molar-refractivity contribution is -0.119. The van der Waals surface area contributed by atoms with Crippen molar-refractivity contribution < 1.29 is 4.79 Å². The molecule has 7 heteroatoms. The second kappa shape index (κ2) is 6.12. The first kappa shape index (κ1) is 14.1. The van der Waals surface area contributed by atoms with Gasteiger partial charge in [-0.1, -0.05) is 0 Å². The minimum Gasteiger partial charge on any atom is -0.353 e. The van der Waals surface area contributed by atoms with E-state index in [1.54, 1.807) is 4.68 Å². The smallest absolute Gasteiger partial charge is 0.235 e. The predicted molar refractivity (Wildman–Crippen MR) is 69.9 cm³/mol. The number of carbonyl (C=O) groups excluding carboxylic acids is 1. The Labute approximate surface area is 112 Å². The summed E-state index contributed by atoms with van der Waals surface area (Å²) in [6.07, 6.45) is 2.86. The van der Waals surface area contributed by atoms with Crippen LogP contribution in [0.25, 0.3) is 0 Å². The molecule has 1 fully saturated rings. The topological polar surface area (TPSA) is 50.2 Å². The molecule has 1 atom stereocenters. The molecule has 0 saturated carbocycles. The van der Waals surface area contributed by atoms with Crippen LogP contribution in [0.2, 0.25) is 0 Å². The Morgan fingerprint density at radius 3 is 3.06 bits per heavy atom. The first-order chi connectivity index (χ1) is 7.69. The van der Waals surface area contributed by atoms with Crippen molar-refractivity contribution in [3.63, 3.8) is 0 Å². The summed E-state index contributed by atoms with van der Waals surface area (Å²) in [4.78, 5) is 13.3. The van der Waals surface area contributed by atoms with Gasteiger partial charge in [-0.05, 0) is 6.42 Å². The highest BCUT2D eigenvalue weighted by Gasteiger charge is 2.24. The summed E-state index contributed by atoms with van der Waals surface area (Å²) >= 11 is 5.45. The number of hydrogen-bond donors (Lipinski definition) is 1. The molecular formula is C10H16Cl2N4O. The number of rotatable bonds is 3. The summed E-state index contributed by atoms with van der Waals surface area (Å²) < 4.78 is 1.78. The van der Waals surface area contributed by atoms with Crippen molar-refractivity contribution >= 4 is 35.7 Å². The number of carbonyl (C=O) groups is 1. The average molecular weight is 279 g/mol. The Hall–Kier alpha value is -0.940. The molecule has 96 valence electrons. The van der Waals surface area contributed by atoms with Gasteiger partial charge in [0.2, 0.25) is 5.91 Å². The standard InChI is InChI=1S/C10H15ClN4O.ClH/c1-14-4-3-9(13-14)15-5-2-8(7-15)12-10(16)6-11;/h3-4,8H,2,5-7H2,1H3,(H,12,16);1H. The maximum absolute atomic E-state index is 11.1. The van der Waals surface area contributed by atoms with E-state index in [1.165, 1.54) is 0 Å². The van der Waals surface area contributed by atoms with Crippen molar-refractivity contribution in [3.8, 4) is 0 Å². The molecule has 0 aliphatic carbocycles. The summed E-state index contributed by atoms with van der Waals surface area (Å²) in [5.74, 6) is 0.889. The third-order valence-electron chi connectivity index (χ3n) is 2.70. The van der Waals surface area contributed by atoms with Crippen LogP contribution < -0.4 is 10.2 Å². The molecule has 0 spiro atoms. The SMILES string of the molecule is Cl.Cn1ccc(N2CCC(NC(=O)CCl)C2)n1. The van der Waals surface area contributed by atoms with Crippen LogP contribution in [0, 0.1) is 0 Å². The van der Waals surface area contributed by atoms with Crippen molar-refractivity contribution in [1.82, 2.24) is 15.1 Å². The number of amides is 1. The van der Waals surface area contributed by atoms with E-state index in [1.807, 2.05) is 19.3 Å². The van der Waals surface area contributed by atoms with Crippen molar-refractivity contribution in [2.75, 3.05) is 23.9 Å². The Morgan fingerprint density at radius 2 is 2.47 bits per heavy atom. The van der Waals surface area contributed by atoms with E-state index in [0.717, 1.165) is 25.3 Å². The van der Waals surface area contributed by atoms with Crippen LogP contribution in [-0.4, -0.2) is 40.7 Å². The zero-order valence-corrected chi connectivity index (χ0v) is 11.2. The van der Waals surface area contributed by atoms with Gasteiger partial charge in [0.15, 0.2) is 5.82 Å². The van der Waals surface area contributed by atoms with E-state index >= 15 is 0 Å². The predicted octanol–water partition coefficient (Wildman–Crippen LogP) is 0.776. The summed E-state index contributed by atoms with van der Waals surface area (Å²) in [6, 6.07) is 2.17. The maximum atomic E-state index is 11.1. The Kier molecular flexibility index (Phi) is 5.08. The van der Waals surface area contributed by atoms with Gasteiger partial charge in [0.1, 0.15) is 5.88 Å². The average Bonchev–Trinajstić information content (AvgIpc) is 2.87. The van der Waals surface area contributed by atoms with E-state index in [9.17, 15) is 4.79 Å². The minimum atomic E-state index is -0.102. The number of nitrogens with one attached hydrogen (secondary N) is 1. The van der Waals surface area contributed by atoms with E-state index in [-0.39, 0.29) is 30.2 Å². The number of anilines is 1. The second-order valence-electron chi connectivity index (χ2n) is 3.98. The van der Waals surface area contributed by atoms with Crippen LogP contribution in [0.3, 0.4) is 0 Å². The molecule has 1 amide bonds. The summed E-state index contributed by atoms with van der Waals surface area (Å²) in [7, 11) is 1.90. The molecule has 1 N–H and O–H groups in total. The van der Waals surface area contributed by atoms with Crippen LogP contribution in [0.15, 0.2) is 12.3 Å². The highest BCUT2D eigenvalue weighted by molar-refractivity contribution is 6.27. The fourth-order valence-corrected chi connectivity index (χ4v) is 2.00. The second-order valence-corrected chi connectivity index (χ2v) is 4.25. The summed E-state index contributed by atoms with van der Waals surface area (Å²) in [6.45, 7) is 1.73. The first-order valence-corrected chi connectivity index (χ1v) is 5.82. The van der Waals surface area contributed by atoms with Crippen molar-refractivity contribution in [2.45, 2.75) is 12.5 Å². The van der Waals surface area contributed by atoms with Crippen LogP contribution in [0.4, 0.5) is 5.82 Å². The third-order valence-corrected chi connectivity index (χ3v) is 2.94. The largest absolute Gasteiger partial charge is 0.353 e. The van der Waals surface area contributed by atoms with Gasteiger partial charge in [0.05, 0.1) is 0 Å². The zero-order valence-electron chi connectivity index (χ0n) is 9.60. The molecule has 1 aromatic heterocycles. The van der Waals surface area contributed by atoms with Gasteiger partial charge in [-0.15, -0.1) is 24.0 Å². The molecule has 1 aliphatic rings. The number of aromatic nitrogens is 2. The number of alkyl halides is 1. The monoisotopic (exact) mass is 278 g/mol. The normalized spacial score (nSPS) is 18.9. The molecular weight excluding hydrogens is 263 g/mol. The van der Waals surface area contributed by atoms with Crippen molar-refractivity contribution in [3.05, 3.63) is 12.3 Å². The van der Waals surface area contributed by atoms with Gasteiger partial charge in [-0.2, -0.15) is 5.10 Å². The lowest BCUT2D eigenvalue weighted by atomic mass is 10.2. The lowest BCUT2D eigenvalue weighted by Crippen LogP contribution is -2.37. The van der Waals surface area contributed by atoms with Gasteiger partial charge in [0.25, 0.3) is 0 Å². The number of hydrogen-bond acceptors (Lipinski definition) is 3. The highest BCUT2D eigenvalue weighted by Crippen LogP contribution is 2.17. The van der Waals surface area contributed by atoms with Crippen LogP contribution in [-0.2, 0) is 11.8 Å². The molecule has 5 nitrogen and oxygen atoms in total. The third kappa shape index (κ3) is 3.51. The number of aryl methyl sites for hydroxylation is 1. The quantitative estimate of drug-likeness (QED) is 0.832. The lowest BCUT2D eigenvalue weighted by Gasteiger charge is -2.15. The molecule has 2 heterocycles. The maximum Gasteiger partial charge on any atom is 0.235 e. The van der Waals surface area contributed by atoms with E-state index in [4.69, 9.17) is 11.6 Å². The molecule has 0 radical (unpaired) electrons. The van der Waals surface area contributed by atoms with E-state index < -0.39 is 0 Å². The zero-order chi connectivity index (χ0) is 11.5. The van der Waals surface area contributed by atoms with Gasteiger partial charge < -0.3 is 10.2 Å². The van der Waals surface area contributed by atoms with Gasteiger partial charge >= 0.3 is 0 Å². The molecule has 1 unspecified atom stereocenters. The molecule has 17 heavy (non-hydrogen) atoms. The summed E-state index contributed by atoms with van der Waals surface area (Å²) in [5, 5.41) is 7.22. The van der Waals surface area contributed by atoms with Crippen LogP contribution in [0.5, 0.6) is 0 Å². The fourth-order valence-electron chi connectivity index (χ4n) is 1.92. The molecule has 2 rings (SSSR count). The highest BCUT2D eigenvalue weighted by atomic mass is 35.5. The Morgan fingerprint density at radius 1 is 1.71 bits per heavy atom. The van der Waals surface area contributed by atoms with E-state index in [2.05, 4.69) is 15.3 Å². The first-order valence-electron chi connectivity index (χ1n) is 5.29. The number of nitrogens with zero attached hydrogens (tertiary/aromatic N) is 3.